The second-order valence-corrected chi connectivity index (χ2v) is 6.77. The van der Waals surface area contributed by atoms with Crippen LogP contribution >= 0.6 is 0 Å². The van der Waals surface area contributed by atoms with Gasteiger partial charge in [-0.15, -0.1) is 0 Å². The van der Waals surface area contributed by atoms with Gasteiger partial charge in [-0.3, -0.25) is 0 Å². The molecule has 2 atom stereocenters. The van der Waals surface area contributed by atoms with Gasteiger partial charge in [0, 0.05) is 6.04 Å². The molecule has 1 aliphatic carbocycles. The second kappa shape index (κ2) is 8.26. The van der Waals surface area contributed by atoms with Crippen LogP contribution < -0.4 is 5.32 Å². The largest absolute Gasteiger partial charge is 0.314 e. The molecule has 2 nitrogen and oxygen atoms in total. The van der Waals surface area contributed by atoms with Crippen molar-refractivity contribution in [1.29, 1.82) is 0 Å². The monoisotopic (exact) mass is 266 g/mol. The first-order valence-corrected chi connectivity index (χ1v) is 8.77. The van der Waals surface area contributed by atoms with E-state index in [0.29, 0.717) is 0 Å². The molecule has 1 heterocycles. The summed E-state index contributed by atoms with van der Waals surface area (Å²) in [6, 6.07) is 0.820. The molecule has 0 spiro atoms. The molecule has 1 aliphatic heterocycles. The van der Waals surface area contributed by atoms with Gasteiger partial charge in [0.05, 0.1) is 0 Å². The van der Waals surface area contributed by atoms with E-state index >= 15 is 0 Å². The van der Waals surface area contributed by atoms with Crippen LogP contribution in [0.4, 0.5) is 0 Å². The number of nitrogens with zero attached hydrogens (tertiary/aromatic N) is 1. The Morgan fingerprint density at radius 1 is 0.895 bits per heavy atom. The molecule has 1 saturated heterocycles. The fourth-order valence-electron chi connectivity index (χ4n) is 3.83. The second-order valence-electron chi connectivity index (χ2n) is 6.77. The zero-order valence-corrected chi connectivity index (χ0v) is 13.2. The minimum atomic E-state index is 0.820. The van der Waals surface area contributed by atoms with E-state index in [1.165, 1.54) is 77.5 Å². The van der Waals surface area contributed by atoms with Crippen molar-refractivity contribution >= 4 is 0 Å². The minimum Gasteiger partial charge on any atom is -0.314 e. The molecule has 2 rings (SSSR count). The van der Waals surface area contributed by atoms with Crippen LogP contribution in [0.25, 0.3) is 0 Å². The minimum absolute atomic E-state index is 0.820. The Morgan fingerprint density at radius 2 is 1.68 bits per heavy atom. The maximum Gasteiger partial charge on any atom is 0.00672 e. The zero-order valence-electron chi connectivity index (χ0n) is 13.2. The summed E-state index contributed by atoms with van der Waals surface area (Å²) in [5.74, 6) is 1.95. The molecule has 1 saturated carbocycles. The van der Waals surface area contributed by atoms with E-state index < -0.39 is 0 Å². The lowest BCUT2D eigenvalue weighted by Crippen LogP contribution is -2.39. The smallest absolute Gasteiger partial charge is 0.00672 e. The zero-order chi connectivity index (χ0) is 13.5. The van der Waals surface area contributed by atoms with E-state index in [1.54, 1.807) is 0 Å². The van der Waals surface area contributed by atoms with E-state index in [0.717, 1.165) is 17.9 Å². The van der Waals surface area contributed by atoms with Crippen LogP contribution in [0.2, 0.25) is 0 Å². The molecule has 0 amide bonds. The van der Waals surface area contributed by atoms with Gasteiger partial charge in [-0.1, -0.05) is 33.1 Å². The number of nitrogens with one attached hydrogen (secondary N) is 1. The lowest BCUT2D eigenvalue weighted by atomic mass is 9.95. The molecule has 0 radical (unpaired) electrons. The summed E-state index contributed by atoms with van der Waals surface area (Å²) in [6.07, 6.45) is 11.4. The first-order chi connectivity index (χ1) is 9.31. The molecule has 0 aromatic rings. The Kier molecular flexibility index (Phi) is 6.66. The van der Waals surface area contributed by atoms with Crippen molar-refractivity contribution in [3.05, 3.63) is 0 Å². The van der Waals surface area contributed by atoms with Crippen LogP contribution in [0.3, 0.4) is 0 Å². The van der Waals surface area contributed by atoms with Crippen molar-refractivity contribution in [1.82, 2.24) is 10.2 Å². The van der Waals surface area contributed by atoms with Crippen LogP contribution in [-0.4, -0.2) is 37.1 Å². The maximum absolute atomic E-state index is 3.89. The number of hydrogen-bond acceptors (Lipinski definition) is 2. The van der Waals surface area contributed by atoms with Crippen molar-refractivity contribution in [2.24, 2.45) is 11.8 Å². The molecule has 1 N–H and O–H groups in total. The molecule has 2 unspecified atom stereocenters. The third kappa shape index (κ3) is 5.07. The molecule has 19 heavy (non-hydrogen) atoms. The standard InChI is InChI=1S/C17H34N2/c1-3-15-6-5-7-17(9-8-15)18-14-16-10-12-19(4-2)13-11-16/h15-18H,3-14H2,1-2H3. The van der Waals surface area contributed by atoms with Gasteiger partial charge in [-0.2, -0.15) is 0 Å². The molecule has 112 valence electrons. The fourth-order valence-corrected chi connectivity index (χ4v) is 3.83. The number of piperidine rings is 1. The summed E-state index contributed by atoms with van der Waals surface area (Å²) in [5.41, 5.74) is 0. The average Bonchev–Trinajstić information content (AvgIpc) is 2.70. The SMILES string of the molecule is CCC1CCCC(NCC2CCN(CC)CC2)CC1. The molecule has 2 fully saturated rings. The highest BCUT2D eigenvalue weighted by molar-refractivity contribution is 4.78. The molecule has 0 aromatic carbocycles. The molecule has 2 heteroatoms. The van der Waals surface area contributed by atoms with Gasteiger partial charge in [0.25, 0.3) is 0 Å². The topological polar surface area (TPSA) is 15.3 Å². The van der Waals surface area contributed by atoms with Crippen molar-refractivity contribution in [2.45, 2.75) is 71.3 Å². The molecule has 0 aromatic heterocycles. The predicted molar refractivity (Wildman–Crippen MR) is 83.5 cm³/mol. The van der Waals surface area contributed by atoms with Gasteiger partial charge in [-0.05, 0) is 70.1 Å². The highest BCUT2D eigenvalue weighted by Gasteiger charge is 2.21. The van der Waals surface area contributed by atoms with E-state index in [-0.39, 0.29) is 0 Å². The average molecular weight is 266 g/mol. The van der Waals surface area contributed by atoms with Gasteiger partial charge in [0.1, 0.15) is 0 Å². The first-order valence-electron chi connectivity index (χ1n) is 8.77. The molecule has 0 bridgehead atoms. The Labute approximate surface area is 120 Å². The van der Waals surface area contributed by atoms with E-state index in [9.17, 15) is 0 Å². The Balaban J connectivity index is 1.63. The van der Waals surface area contributed by atoms with Crippen LogP contribution in [0.1, 0.15) is 65.2 Å². The van der Waals surface area contributed by atoms with Crippen molar-refractivity contribution < 1.29 is 0 Å². The fraction of sp³-hybridized carbons (Fsp3) is 1.00. The van der Waals surface area contributed by atoms with Crippen LogP contribution in [-0.2, 0) is 0 Å². The summed E-state index contributed by atoms with van der Waals surface area (Å²) in [6.45, 7) is 9.81. The van der Waals surface area contributed by atoms with Gasteiger partial charge >= 0.3 is 0 Å². The van der Waals surface area contributed by atoms with Crippen LogP contribution in [0.5, 0.6) is 0 Å². The lowest BCUT2D eigenvalue weighted by Gasteiger charge is -2.32. The predicted octanol–water partition coefficient (Wildman–Crippen LogP) is 3.67. The summed E-state index contributed by atoms with van der Waals surface area (Å²) < 4.78 is 0. The number of hydrogen-bond donors (Lipinski definition) is 1. The van der Waals surface area contributed by atoms with E-state index in [4.69, 9.17) is 0 Å². The van der Waals surface area contributed by atoms with Crippen molar-refractivity contribution in [3.8, 4) is 0 Å². The van der Waals surface area contributed by atoms with Gasteiger partial charge < -0.3 is 10.2 Å². The third-order valence-corrected chi connectivity index (χ3v) is 5.52. The van der Waals surface area contributed by atoms with E-state index in [2.05, 4.69) is 24.1 Å². The van der Waals surface area contributed by atoms with Crippen LogP contribution in [0.15, 0.2) is 0 Å². The Morgan fingerprint density at radius 3 is 2.37 bits per heavy atom. The van der Waals surface area contributed by atoms with Gasteiger partial charge in [-0.25, -0.2) is 0 Å². The van der Waals surface area contributed by atoms with Crippen molar-refractivity contribution in [3.63, 3.8) is 0 Å². The summed E-state index contributed by atoms with van der Waals surface area (Å²) in [7, 11) is 0. The molecular formula is C17H34N2. The number of rotatable bonds is 5. The Hall–Kier alpha value is -0.0800. The molecule has 2 aliphatic rings. The number of likely N-dealkylation sites (tertiary alicyclic amines) is 1. The highest BCUT2D eigenvalue weighted by Crippen LogP contribution is 2.26. The van der Waals surface area contributed by atoms with Crippen LogP contribution in [0, 0.1) is 11.8 Å². The summed E-state index contributed by atoms with van der Waals surface area (Å²) >= 11 is 0. The lowest BCUT2D eigenvalue weighted by molar-refractivity contribution is 0.186. The third-order valence-electron chi connectivity index (χ3n) is 5.52. The summed E-state index contributed by atoms with van der Waals surface area (Å²) in [4.78, 5) is 2.59. The van der Waals surface area contributed by atoms with Gasteiger partial charge in [0.15, 0.2) is 0 Å². The molecular weight excluding hydrogens is 232 g/mol. The van der Waals surface area contributed by atoms with Gasteiger partial charge in [0.2, 0.25) is 0 Å². The van der Waals surface area contributed by atoms with E-state index in [1.807, 2.05) is 0 Å². The quantitative estimate of drug-likeness (QED) is 0.764. The highest BCUT2D eigenvalue weighted by atomic mass is 15.1. The normalized spacial score (nSPS) is 31.3. The van der Waals surface area contributed by atoms with Crippen molar-refractivity contribution in [2.75, 3.05) is 26.2 Å². The Bertz CT molecular complexity index is 233. The first kappa shape index (κ1) is 15.3. The summed E-state index contributed by atoms with van der Waals surface area (Å²) in [5, 5.41) is 3.89. The maximum atomic E-state index is 3.89.